The SMILES string of the molecule is C[C@@H]1CCCN1c1ncc(-c2nccc(N)n2)cn1.C[C@@H]1CCCN1c1ncc(B2OC(C)(C)C(C)(C)O2)cn1.Nc1ccnc(Cl)n1. The van der Waals surface area contributed by atoms with E-state index < -0.39 is 0 Å². The summed E-state index contributed by atoms with van der Waals surface area (Å²) >= 11 is 5.34. The van der Waals surface area contributed by atoms with Crippen molar-refractivity contribution in [1.82, 2.24) is 39.9 Å². The Balaban J connectivity index is 0.000000154. The molecule has 4 N–H and O–H groups in total. The molecule has 0 aliphatic carbocycles. The number of hydrogen-bond acceptors (Lipinski definition) is 14. The molecule has 3 saturated heterocycles. The van der Waals surface area contributed by atoms with Crippen molar-refractivity contribution in [2.24, 2.45) is 0 Å². The minimum atomic E-state index is -0.389. The summed E-state index contributed by atoms with van der Waals surface area (Å²) in [6.07, 6.45) is 15.1. The predicted octanol–water partition coefficient (Wildman–Crippen LogP) is 3.98. The quantitative estimate of drug-likeness (QED) is 0.234. The molecule has 0 bridgehead atoms. The molecule has 48 heavy (non-hydrogen) atoms. The van der Waals surface area contributed by atoms with Gasteiger partial charge in [0.15, 0.2) is 5.82 Å². The van der Waals surface area contributed by atoms with Gasteiger partial charge in [0.1, 0.15) is 11.6 Å². The molecule has 4 aromatic rings. The van der Waals surface area contributed by atoms with Gasteiger partial charge >= 0.3 is 7.12 Å². The van der Waals surface area contributed by atoms with Crippen molar-refractivity contribution >= 4 is 47.7 Å². The lowest BCUT2D eigenvalue weighted by atomic mass is 9.81. The minimum Gasteiger partial charge on any atom is -0.399 e. The summed E-state index contributed by atoms with van der Waals surface area (Å²) in [7, 11) is -0.389. The molecule has 4 aromatic heterocycles. The van der Waals surface area contributed by atoms with Crippen molar-refractivity contribution in [3.05, 3.63) is 54.6 Å². The maximum atomic E-state index is 6.02. The van der Waals surface area contributed by atoms with Crippen LogP contribution in [0.5, 0.6) is 0 Å². The molecule has 7 heterocycles. The van der Waals surface area contributed by atoms with Crippen LogP contribution in [0.2, 0.25) is 5.28 Å². The van der Waals surface area contributed by atoms with Gasteiger partial charge in [-0.25, -0.2) is 39.9 Å². The fourth-order valence-corrected chi connectivity index (χ4v) is 5.64. The van der Waals surface area contributed by atoms with E-state index in [4.69, 9.17) is 32.4 Å². The fraction of sp³-hybridized carbons (Fsp3) is 0.500. The monoisotopic (exact) mass is 674 g/mol. The summed E-state index contributed by atoms with van der Waals surface area (Å²) < 4.78 is 12.0. The summed E-state index contributed by atoms with van der Waals surface area (Å²) in [4.78, 5) is 37.9. The van der Waals surface area contributed by atoms with E-state index >= 15 is 0 Å². The van der Waals surface area contributed by atoms with Gasteiger partial charge in [0.2, 0.25) is 17.2 Å². The number of nitrogens with two attached hydrogens (primary N) is 2. The Morgan fingerprint density at radius 1 is 0.729 bits per heavy atom. The zero-order chi connectivity index (χ0) is 34.5. The molecule has 0 radical (unpaired) electrons. The van der Waals surface area contributed by atoms with Crippen molar-refractivity contribution in [2.45, 2.75) is 90.5 Å². The molecule has 7 rings (SSSR count). The first-order valence-corrected chi connectivity index (χ1v) is 16.6. The summed E-state index contributed by atoms with van der Waals surface area (Å²) in [6, 6.07) is 4.26. The molecule has 3 aliphatic rings. The van der Waals surface area contributed by atoms with Gasteiger partial charge in [-0.3, -0.25) is 0 Å². The third-order valence-corrected chi connectivity index (χ3v) is 9.21. The average Bonchev–Trinajstić information content (AvgIpc) is 3.74. The molecule has 254 valence electrons. The van der Waals surface area contributed by atoms with E-state index in [-0.39, 0.29) is 23.6 Å². The van der Waals surface area contributed by atoms with E-state index in [9.17, 15) is 0 Å². The van der Waals surface area contributed by atoms with Gasteiger partial charge in [-0.15, -0.1) is 0 Å². The van der Waals surface area contributed by atoms with Crippen molar-refractivity contribution in [2.75, 3.05) is 34.4 Å². The molecule has 16 heteroatoms. The second kappa shape index (κ2) is 14.9. The van der Waals surface area contributed by atoms with Crippen LogP contribution < -0.4 is 26.7 Å². The molecule has 0 saturated carbocycles. The van der Waals surface area contributed by atoms with Gasteiger partial charge in [0.05, 0.1) is 16.8 Å². The number of nitrogen functional groups attached to an aromatic ring is 2. The van der Waals surface area contributed by atoms with Crippen LogP contribution in [0.25, 0.3) is 11.4 Å². The maximum Gasteiger partial charge on any atom is 0.498 e. The molecule has 0 unspecified atom stereocenters. The number of halogens is 1. The molecule has 0 spiro atoms. The number of hydrogen-bond donors (Lipinski definition) is 2. The highest BCUT2D eigenvalue weighted by Crippen LogP contribution is 2.36. The lowest BCUT2D eigenvalue weighted by molar-refractivity contribution is 0.00578. The first kappa shape index (κ1) is 35.1. The number of nitrogens with zero attached hydrogens (tertiary/aromatic N) is 10. The van der Waals surface area contributed by atoms with Crippen LogP contribution in [0.15, 0.2) is 49.3 Å². The Kier molecular flexibility index (Phi) is 10.9. The third-order valence-electron chi connectivity index (χ3n) is 9.02. The zero-order valence-corrected chi connectivity index (χ0v) is 29.2. The predicted molar refractivity (Wildman–Crippen MR) is 189 cm³/mol. The van der Waals surface area contributed by atoms with Crippen molar-refractivity contribution in [1.29, 1.82) is 0 Å². The van der Waals surface area contributed by atoms with E-state index in [0.29, 0.717) is 29.5 Å². The van der Waals surface area contributed by atoms with E-state index in [1.165, 1.54) is 31.9 Å². The second-order valence-electron chi connectivity index (χ2n) is 13.1. The number of aromatic nitrogens is 8. The molecular formula is C32H44BClN12O2. The molecule has 2 atom stereocenters. The van der Waals surface area contributed by atoms with Crippen LogP contribution in [0.1, 0.15) is 67.2 Å². The van der Waals surface area contributed by atoms with E-state index in [0.717, 1.165) is 36.0 Å². The van der Waals surface area contributed by atoms with Gasteiger partial charge < -0.3 is 30.6 Å². The Labute approximate surface area is 287 Å². The third kappa shape index (κ3) is 8.44. The lowest BCUT2D eigenvalue weighted by Crippen LogP contribution is -2.41. The van der Waals surface area contributed by atoms with Crippen LogP contribution in [-0.2, 0) is 9.31 Å². The Bertz CT molecular complexity index is 1610. The van der Waals surface area contributed by atoms with Gasteiger partial charge in [-0.2, -0.15) is 0 Å². The number of rotatable bonds is 4. The topological polar surface area (TPSA) is 180 Å². The van der Waals surface area contributed by atoms with Gasteiger partial charge in [-0.05, 0) is 91.0 Å². The average molecular weight is 675 g/mol. The van der Waals surface area contributed by atoms with Gasteiger partial charge in [-0.1, -0.05) is 0 Å². The van der Waals surface area contributed by atoms with Gasteiger partial charge in [0.25, 0.3) is 0 Å². The second-order valence-corrected chi connectivity index (χ2v) is 13.4. The van der Waals surface area contributed by atoms with Crippen LogP contribution in [0.3, 0.4) is 0 Å². The fourth-order valence-electron chi connectivity index (χ4n) is 5.49. The molecule has 3 aliphatic heterocycles. The van der Waals surface area contributed by atoms with Crippen molar-refractivity contribution < 1.29 is 9.31 Å². The van der Waals surface area contributed by atoms with Crippen molar-refractivity contribution in [3.8, 4) is 11.4 Å². The van der Waals surface area contributed by atoms with Crippen LogP contribution in [-0.4, -0.2) is 83.4 Å². The maximum absolute atomic E-state index is 6.02. The Hall–Kier alpha value is -4.21. The largest absolute Gasteiger partial charge is 0.498 e. The summed E-state index contributed by atoms with van der Waals surface area (Å²) in [5.74, 6) is 2.98. The van der Waals surface area contributed by atoms with Gasteiger partial charge in [0, 0.05) is 67.8 Å². The summed E-state index contributed by atoms with van der Waals surface area (Å²) in [5.41, 5.74) is 11.9. The number of anilines is 4. The normalized spacial score (nSPS) is 20.9. The minimum absolute atomic E-state index is 0.185. The Morgan fingerprint density at radius 2 is 1.21 bits per heavy atom. The smallest absolute Gasteiger partial charge is 0.399 e. The highest BCUT2D eigenvalue weighted by Gasteiger charge is 2.52. The Morgan fingerprint density at radius 3 is 1.62 bits per heavy atom. The van der Waals surface area contributed by atoms with Crippen LogP contribution in [0, 0.1) is 0 Å². The molecule has 0 aromatic carbocycles. The van der Waals surface area contributed by atoms with Crippen LogP contribution >= 0.6 is 11.6 Å². The molecule has 0 amide bonds. The van der Waals surface area contributed by atoms with Crippen LogP contribution in [0.4, 0.5) is 23.5 Å². The van der Waals surface area contributed by atoms with Crippen molar-refractivity contribution in [3.63, 3.8) is 0 Å². The summed E-state index contributed by atoms with van der Waals surface area (Å²) in [5, 5.41) is 0.185. The molecule has 3 fully saturated rings. The lowest BCUT2D eigenvalue weighted by Gasteiger charge is -2.32. The zero-order valence-electron chi connectivity index (χ0n) is 28.4. The summed E-state index contributed by atoms with van der Waals surface area (Å²) in [6.45, 7) is 14.7. The van der Waals surface area contributed by atoms with E-state index in [1.807, 2.05) is 40.1 Å². The molecular weight excluding hydrogens is 631 g/mol. The van der Waals surface area contributed by atoms with E-state index in [2.05, 4.69) is 63.5 Å². The molecule has 14 nitrogen and oxygen atoms in total. The highest BCUT2D eigenvalue weighted by molar-refractivity contribution is 6.61. The first-order chi connectivity index (χ1) is 22.8. The first-order valence-electron chi connectivity index (χ1n) is 16.2. The standard InChI is InChI=1S/C15H24BN3O2.C13H16N6.C4H4ClN3/c1-11-7-6-8-19(11)13-17-9-12(10-18-13)16-20-14(2,3)15(4,5)21-16;1-9-3-2-6-19(9)13-16-7-10(8-17-13)12-15-5-4-11(14)18-12;5-4-7-2-1-3(6)8-4/h9-11H,6-8H2,1-5H3;4-5,7-9H,2-3,6H2,1H3,(H2,14,15,18);1-2H,(H2,6,7,8)/t11-;9-;/m11./s1. The van der Waals surface area contributed by atoms with E-state index in [1.54, 1.807) is 30.7 Å². The highest BCUT2D eigenvalue weighted by atomic mass is 35.5.